The fourth-order valence-electron chi connectivity index (χ4n) is 2.64. The van der Waals surface area contributed by atoms with Crippen LogP contribution < -0.4 is 4.74 Å². The molecule has 0 saturated heterocycles. The van der Waals surface area contributed by atoms with Gasteiger partial charge in [-0.3, -0.25) is 0 Å². The van der Waals surface area contributed by atoms with Crippen LogP contribution in [0.2, 0.25) is 0 Å². The molecule has 1 aromatic heterocycles. The second kappa shape index (κ2) is 7.54. The maximum atomic E-state index is 9.62. The standard InChI is InChI=1S/C20H18BrN3O/c1-3-10-25-19-9-8-14(12-16(19)21)11-15(13-22)20-23-17-6-4-5-7-18(17)24(20)2/h4-9,11-12H,3,10H2,1-2H3/b15-11-. The average molecular weight is 396 g/mol. The molecule has 0 spiro atoms. The molecule has 0 radical (unpaired) electrons. The molecule has 0 bridgehead atoms. The molecule has 0 atom stereocenters. The molecule has 0 saturated carbocycles. The Kier molecular flexibility index (Phi) is 5.20. The van der Waals surface area contributed by atoms with Gasteiger partial charge in [0.2, 0.25) is 0 Å². The number of halogens is 1. The first-order valence-electron chi connectivity index (χ1n) is 8.10. The van der Waals surface area contributed by atoms with Crippen molar-refractivity contribution in [3.63, 3.8) is 0 Å². The number of rotatable bonds is 5. The van der Waals surface area contributed by atoms with Crippen molar-refractivity contribution in [2.75, 3.05) is 6.61 Å². The van der Waals surface area contributed by atoms with Crippen LogP contribution in [0, 0.1) is 11.3 Å². The molecule has 2 aromatic carbocycles. The summed E-state index contributed by atoms with van der Waals surface area (Å²) < 4.78 is 8.48. The Balaban J connectivity index is 1.99. The van der Waals surface area contributed by atoms with Gasteiger partial charge in [0.25, 0.3) is 0 Å². The molecule has 0 unspecified atom stereocenters. The highest BCUT2D eigenvalue weighted by atomic mass is 79.9. The highest BCUT2D eigenvalue weighted by Crippen LogP contribution is 2.28. The van der Waals surface area contributed by atoms with Crippen LogP contribution >= 0.6 is 15.9 Å². The summed E-state index contributed by atoms with van der Waals surface area (Å²) in [5.41, 5.74) is 3.32. The number of para-hydroxylation sites is 2. The number of fused-ring (bicyclic) bond motifs is 1. The van der Waals surface area contributed by atoms with Crippen molar-refractivity contribution in [2.45, 2.75) is 13.3 Å². The zero-order valence-electron chi connectivity index (χ0n) is 14.2. The molecule has 0 N–H and O–H groups in total. The van der Waals surface area contributed by atoms with Gasteiger partial charge in [-0.05, 0) is 58.3 Å². The first-order chi connectivity index (χ1) is 12.1. The Labute approximate surface area is 155 Å². The Morgan fingerprint density at radius 2 is 2.12 bits per heavy atom. The average Bonchev–Trinajstić information content (AvgIpc) is 2.96. The maximum absolute atomic E-state index is 9.62. The molecule has 3 aromatic rings. The van der Waals surface area contributed by atoms with E-state index in [1.165, 1.54) is 0 Å². The molecule has 5 heteroatoms. The van der Waals surface area contributed by atoms with E-state index in [0.717, 1.165) is 33.2 Å². The highest BCUT2D eigenvalue weighted by Gasteiger charge is 2.12. The van der Waals surface area contributed by atoms with Gasteiger partial charge in [0, 0.05) is 7.05 Å². The van der Waals surface area contributed by atoms with Gasteiger partial charge < -0.3 is 9.30 Å². The second-order valence-corrected chi connectivity index (χ2v) is 6.55. The largest absolute Gasteiger partial charge is 0.492 e. The van der Waals surface area contributed by atoms with Crippen molar-refractivity contribution in [3.05, 3.63) is 58.3 Å². The van der Waals surface area contributed by atoms with E-state index in [1.807, 2.05) is 60.2 Å². The SMILES string of the molecule is CCCOc1ccc(/C=C(/C#N)c2nc3ccccc3n2C)cc1Br. The third kappa shape index (κ3) is 3.59. The van der Waals surface area contributed by atoms with Crippen LogP contribution in [0.3, 0.4) is 0 Å². The molecule has 0 amide bonds. The Bertz CT molecular complexity index is 982. The number of aryl methyl sites for hydroxylation is 1. The summed E-state index contributed by atoms with van der Waals surface area (Å²) in [6, 6.07) is 15.9. The van der Waals surface area contributed by atoms with Gasteiger partial charge in [-0.15, -0.1) is 0 Å². The van der Waals surface area contributed by atoms with Crippen molar-refractivity contribution in [3.8, 4) is 11.8 Å². The van der Waals surface area contributed by atoms with E-state index in [4.69, 9.17) is 4.74 Å². The normalized spacial score (nSPS) is 11.5. The number of ether oxygens (including phenoxy) is 1. The van der Waals surface area contributed by atoms with Crippen LogP contribution in [0.25, 0.3) is 22.7 Å². The van der Waals surface area contributed by atoms with Crippen LogP contribution in [0.15, 0.2) is 46.9 Å². The predicted molar refractivity (Wildman–Crippen MR) is 104 cm³/mol. The Morgan fingerprint density at radius 1 is 1.32 bits per heavy atom. The number of nitrogens with zero attached hydrogens (tertiary/aromatic N) is 3. The molecule has 0 aliphatic heterocycles. The maximum Gasteiger partial charge on any atom is 0.151 e. The van der Waals surface area contributed by atoms with E-state index in [0.29, 0.717) is 18.0 Å². The number of hydrogen-bond acceptors (Lipinski definition) is 3. The van der Waals surface area contributed by atoms with Gasteiger partial charge in [-0.25, -0.2) is 4.98 Å². The van der Waals surface area contributed by atoms with Gasteiger partial charge in [0.05, 0.1) is 27.7 Å². The minimum Gasteiger partial charge on any atom is -0.492 e. The minimum atomic E-state index is 0.521. The number of imidazole rings is 1. The molecule has 126 valence electrons. The molecule has 3 rings (SSSR count). The first kappa shape index (κ1) is 17.2. The zero-order chi connectivity index (χ0) is 17.8. The minimum absolute atomic E-state index is 0.521. The van der Waals surface area contributed by atoms with E-state index >= 15 is 0 Å². The molecular weight excluding hydrogens is 378 g/mol. The summed E-state index contributed by atoms with van der Waals surface area (Å²) in [6.07, 6.45) is 2.80. The van der Waals surface area contributed by atoms with Crippen LogP contribution in [0.5, 0.6) is 5.75 Å². The van der Waals surface area contributed by atoms with Gasteiger partial charge >= 0.3 is 0 Å². The molecule has 25 heavy (non-hydrogen) atoms. The number of benzene rings is 2. The molecule has 0 aliphatic rings. The molecule has 1 heterocycles. The van der Waals surface area contributed by atoms with Crippen molar-refractivity contribution in [2.24, 2.45) is 7.05 Å². The van der Waals surface area contributed by atoms with Gasteiger partial charge in [-0.2, -0.15) is 5.26 Å². The Hall–Kier alpha value is -2.58. The van der Waals surface area contributed by atoms with Crippen molar-refractivity contribution in [1.82, 2.24) is 9.55 Å². The summed E-state index contributed by atoms with van der Waals surface area (Å²) in [4.78, 5) is 4.60. The number of hydrogen-bond donors (Lipinski definition) is 0. The van der Waals surface area contributed by atoms with Gasteiger partial charge in [0.15, 0.2) is 5.82 Å². The van der Waals surface area contributed by atoms with Crippen molar-refractivity contribution >= 4 is 38.6 Å². The van der Waals surface area contributed by atoms with Crippen molar-refractivity contribution < 1.29 is 4.74 Å². The monoisotopic (exact) mass is 395 g/mol. The summed E-state index contributed by atoms with van der Waals surface area (Å²) in [7, 11) is 1.92. The van der Waals surface area contributed by atoms with Crippen molar-refractivity contribution in [1.29, 1.82) is 5.26 Å². The smallest absolute Gasteiger partial charge is 0.151 e. The van der Waals surface area contributed by atoms with Crippen LogP contribution in [-0.2, 0) is 7.05 Å². The molecule has 0 fully saturated rings. The van der Waals surface area contributed by atoms with Gasteiger partial charge in [-0.1, -0.05) is 25.1 Å². The summed E-state index contributed by atoms with van der Waals surface area (Å²) in [5, 5.41) is 9.62. The molecular formula is C20H18BrN3O. The number of allylic oxidation sites excluding steroid dienone is 1. The third-order valence-corrected chi connectivity index (χ3v) is 4.50. The van der Waals surface area contributed by atoms with Gasteiger partial charge in [0.1, 0.15) is 11.8 Å². The number of nitriles is 1. The second-order valence-electron chi connectivity index (χ2n) is 5.69. The zero-order valence-corrected chi connectivity index (χ0v) is 15.7. The molecule has 0 aliphatic carbocycles. The summed E-state index contributed by atoms with van der Waals surface area (Å²) in [5.74, 6) is 1.46. The Morgan fingerprint density at radius 3 is 2.80 bits per heavy atom. The number of aromatic nitrogens is 2. The fourth-order valence-corrected chi connectivity index (χ4v) is 3.15. The summed E-state index contributed by atoms with van der Waals surface area (Å²) in [6.45, 7) is 2.75. The van der Waals surface area contributed by atoms with E-state index < -0.39 is 0 Å². The van der Waals surface area contributed by atoms with Crippen LogP contribution in [-0.4, -0.2) is 16.2 Å². The quantitative estimate of drug-likeness (QED) is 0.558. The third-order valence-electron chi connectivity index (χ3n) is 3.88. The topological polar surface area (TPSA) is 50.8 Å². The molecule has 4 nitrogen and oxygen atoms in total. The first-order valence-corrected chi connectivity index (χ1v) is 8.89. The van der Waals surface area contributed by atoms with E-state index in [1.54, 1.807) is 0 Å². The lowest BCUT2D eigenvalue weighted by atomic mass is 10.1. The lowest BCUT2D eigenvalue weighted by Gasteiger charge is -2.07. The summed E-state index contributed by atoms with van der Waals surface area (Å²) >= 11 is 3.53. The fraction of sp³-hybridized carbons (Fsp3) is 0.200. The highest BCUT2D eigenvalue weighted by molar-refractivity contribution is 9.10. The van der Waals surface area contributed by atoms with E-state index in [-0.39, 0.29) is 0 Å². The van der Waals surface area contributed by atoms with E-state index in [2.05, 4.69) is 33.9 Å². The van der Waals surface area contributed by atoms with Crippen LogP contribution in [0.4, 0.5) is 0 Å². The van der Waals surface area contributed by atoms with Crippen LogP contribution in [0.1, 0.15) is 24.7 Å². The lowest BCUT2D eigenvalue weighted by molar-refractivity contribution is 0.315. The predicted octanol–water partition coefficient (Wildman–Crippen LogP) is 5.19. The van der Waals surface area contributed by atoms with E-state index in [9.17, 15) is 5.26 Å². The lowest BCUT2D eigenvalue weighted by Crippen LogP contribution is -1.97.